The van der Waals surface area contributed by atoms with Gasteiger partial charge in [0.1, 0.15) is 0 Å². The molecule has 0 bridgehead atoms. The van der Waals surface area contributed by atoms with E-state index in [9.17, 15) is 4.79 Å². The highest BCUT2D eigenvalue weighted by molar-refractivity contribution is 7.10. The Kier molecular flexibility index (Phi) is 5.48. The third-order valence-corrected chi connectivity index (χ3v) is 5.03. The SMILES string of the molecule is Cc1ccsc1CN(C)C(=O)c1cccc2c1CCCN2.Cl. The van der Waals surface area contributed by atoms with E-state index in [1.165, 1.54) is 16.0 Å². The van der Waals surface area contributed by atoms with Crippen LogP contribution in [0.4, 0.5) is 5.69 Å². The fourth-order valence-corrected chi connectivity index (χ4v) is 3.73. The molecule has 0 radical (unpaired) electrons. The van der Waals surface area contributed by atoms with Gasteiger partial charge in [0.05, 0.1) is 6.54 Å². The molecular formula is C17H21ClN2OS. The molecule has 0 unspecified atom stereocenters. The molecule has 2 heterocycles. The molecule has 1 aromatic heterocycles. The molecule has 2 aromatic rings. The lowest BCUT2D eigenvalue weighted by Gasteiger charge is -2.23. The van der Waals surface area contributed by atoms with Crippen molar-refractivity contribution in [3.63, 3.8) is 0 Å². The molecular weight excluding hydrogens is 316 g/mol. The number of hydrogen-bond donors (Lipinski definition) is 1. The Hall–Kier alpha value is -1.52. The zero-order valence-electron chi connectivity index (χ0n) is 12.9. The van der Waals surface area contributed by atoms with Crippen LogP contribution in [0.25, 0.3) is 0 Å². The molecule has 1 aromatic carbocycles. The first kappa shape index (κ1) is 16.8. The van der Waals surface area contributed by atoms with E-state index in [-0.39, 0.29) is 18.3 Å². The number of carbonyl (C=O) groups excluding carboxylic acids is 1. The van der Waals surface area contributed by atoms with Crippen LogP contribution in [0.3, 0.4) is 0 Å². The van der Waals surface area contributed by atoms with Gasteiger partial charge < -0.3 is 10.2 Å². The monoisotopic (exact) mass is 336 g/mol. The number of nitrogens with zero attached hydrogens (tertiary/aromatic N) is 1. The maximum absolute atomic E-state index is 12.8. The standard InChI is InChI=1S/C17H20N2OS.ClH/c1-12-8-10-21-16(12)11-19(2)17(20)14-5-3-7-15-13(14)6-4-9-18-15;/h3,5,7-8,10,18H,4,6,9,11H2,1-2H3;1H. The third-order valence-electron chi connectivity index (χ3n) is 4.02. The fraction of sp³-hybridized carbons (Fsp3) is 0.353. The van der Waals surface area contributed by atoms with Gasteiger partial charge in [-0.25, -0.2) is 0 Å². The quantitative estimate of drug-likeness (QED) is 0.914. The van der Waals surface area contributed by atoms with E-state index in [0.717, 1.165) is 30.6 Å². The highest BCUT2D eigenvalue weighted by Gasteiger charge is 2.20. The molecule has 118 valence electrons. The lowest BCUT2D eigenvalue weighted by Crippen LogP contribution is -2.28. The van der Waals surface area contributed by atoms with Crippen LogP contribution in [-0.2, 0) is 13.0 Å². The Morgan fingerprint density at radius 2 is 2.18 bits per heavy atom. The average molecular weight is 337 g/mol. The summed E-state index contributed by atoms with van der Waals surface area (Å²) in [6, 6.07) is 8.09. The van der Waals surface area contributed by atoms with Gasteiger partial charge >= 0.3 is 0 Å². The molecule has 0 fully saturated rings. The van der Waals surface area contributed by atoms with E-state index in [1.54, 1.807) is 11.3 Å². The first-order chi connectivity index (χ1) is 10.2. The summed E-state index contributed by atoms with van der Waals surface area (Å²) >= 11 is 1.71. The van der Waals surface area contributed by atoms with Gasteiger partial charge in [0.15, 0.2) is 0 Å². The molecule has 1 amide bonds. The average Bonchev–Trinajstić information content (AvgIpc) is 2.91. The summed E-state index contributed by atoms with van der Waals surface area (Å²) in [4.78, 5) is 15.8. The highest BCUT2D eigenvalue weighted by atomic mass is 35.5. The predicted octanol–water partition coefficient (Wildman–Crippen LogP) is 4.11. The number of aryl methyl sites for hydroxylation is 1. The summed E-state index contributed by atoms with van der Waals surface area (Å²) in [5, 5.41) is 5.46. The first-order valence-electron chi connectivity index (χ1n) is 7.31. The Labute approximate surface area is 141 Å². The predicted molar refractivity (Wildman–Crippen MR) is 95.4 cm³/mol. The highest BCUT2D eigenvalue weighted by Crippen LogP contribution is 2.27. The second-order valence-electron chi connectivity index (χ2n) is 5.55. The normalized spacial score (nSPS) is 12.8. The van der Waals surface area contributed by atoms with Crippen molar-refractivity contribution in [2.75, 3.05) is 18.9 Å². The minimum absolute atomic E-state index is 0. The van der Waals surface area contributed by atoms with Crippen LogP contribution in [0.15, 0.2) is 29.6 Å². The number of nitrogens with one attached hydrogen (secondary N) is 1. The summed E-state index contributed by atoms with van der Waals surface area (Å²) < 4.78 is 0. The molecule has 3 rings (SSSR count). The van der Waals surface area contributed by atoms with Crippen LogP contribution in [-0.4, -0.2) is 24.4 Å². The Balaban J connectivity index is 0.00000176. The van der Waals surface area contributed by atoms with Crippen molar-refractivity contribution in [1.29, 1.82) is 0 Å². The van der Waals surface area contributed by atoms with Gasteiger partial charge in [0.25, 0.3) is 5.91 Å². The minimum Gasteiger partial charge on any atom is -0.385 e. The molecule has 0 aliphatic carbocycles. The smallest absolute Gasteiger partial charge is 0.254 e. The van der Waals surface area contributed by atoms with Crippen LogP contribution in [0.1, 0.15) is 32.8 Å². The van der Waals surface area contributed by atoms with Crippen LogP contribution in [0.2, 0.25) is 0 Å². The van der Waals surface area contributed by atoms with Gasteiger partial charge in [-0.3, -0.25) is 4.79 Å². The number of halogens is 1. The molecule has 1 N–H and O–H groups in total. The molecule has 1 aliphatic heterocycles. The van der Waals surface area contributed by atoms with Crippen LogP contribution in [0, 0.1) is 6.92 Å². The van der Waals surface area contributed by atoms with Crippen LogP contribution < -0.4 is 5.32 Å². The van der Waals surface area contributed by atoms with E-state index in [1.807, 2.05) is 24.1 Å². The molecule has 0 saturated heterocycles. The van der Waals surface area contributed by atoms with Crippen molar-refractivity contribution in [1.82, 2.24) is 4.90 Å². The molecule has 5 heteroatoms. The van der Waals surface area contributed by atoms with Crippen LogP contribution in [0.5, 0.6) is 0 Å². The van der Waals surface area contributed by atoms with Crippen molar-refractivity contribution in [3.8, 4) is 0 Å². The third kappa shape index (κ3) is 3.28. The van der Waals surface area contributed by atoms with Gasteiger partial charge in [0, 0.05) is 29.7 Å². The van der Waals surface area contributed by atoms with E-state index < -0.39 is 0 Å². The molecule has 1 aliphatic rings. The zero-order chi connectivity index (χ0) is 14.8. The molecule has 0 saturated carbocycles. The summed E-state index contributed by atoms with van der Waals surface area (Å²) in [7, 11) is 1.89. The van der Waals surface area contributed by atoms with Gasteiger partial charge in [-0.1, -0.05) is 6.07 Å². The van der Waals surface area contributed by atoms with Gasteiger partial charge in [-0.2, -0.15) is 0 Å². The largest absolute Gasteiger partial charge is 0.385 e. The minimum atomic E-state index is 0. The van der Waals surface area contributed by atoms with Crippen molar-refractivity contribution in [3.05, 3.63) is 51.2 Å². The van der Waals surface area contributed by atoms with Gasteiger partial charge in [-0.15, -0.1) is 23.7 Å². The lowest BCUT2D eigenvalue weighted by molar-refractivity contribution is 0.0785. The zero-order valence-corrected chi connectivity index (χ0v) is 14.5. The van der Waals surface area contributed by atoms with Crippen molar-refractivity contribution < 1.29 is 4.79 Å². The van der Waals surface area contributed by atoms with Crippen molar-refractivity contribution >= 4 is 35.3 Å². The molecule has 0 spiro atoms. The van der Waals surface area contributed by atoms with E-state index in [4.69, 9.17) is 0 Å². The maximum Gasteiger partial charge on any atom is 0.254 e. The second-order valence-corrected chi connectivity index (χ2v) is 6.55. The second kappa shape index (κ2) is 7.16. The number of rotatable bonds is 3. The Morgan fingerprint density at radius 1 is 1.36 bits per heavy atom. The molecule has 0 atom stereocenters. The van der Waals surface area contributed by atoms with Gasteiger partial charge in [0.2, 0.25) is 0 Å². The fourth-order valence-electron chi connectivity index (χ4n) is 2.77. The number of carbonyl (C=O) groups is 1. The number of amides is 1. The topological polar surface area (TPSA) is 32.3 Å². The van der Waals surface area contributed by atoms with Gasteiger partial charge in [-0.05, 0) is 54.5 Å². The van der Waals surface area contributed by atoms with Crippen molar-refractivity contribution in [2.45, 2.75) is 26.3 Å². The molecule has 3 nitrogen and oxygen atoms in total. The first-order valence-corrected chi connectivity index (χ1v) is 8.19. The van der Waals surface area contributed by atoms with Crippen LogP contribution >= 0.6 is 23.7 Å². The van der Waals surface area contributed by atoms with E-state index in [0.29, 0.717) is 6.54 Å². The maximum atomic E-state index is 12.8. The number of hydrogen-bond acceptors (Lipinski definition) is 3. The van der Waals surface area contributed by atoms with Crippen molar-refractivity contribution in [2.24, 2.45) is 0 Å². The summed E-state index contributed by atoms with van der Waals surface area (Å²) in [6.07, 6.45) is 2.07. The summed E-state index contributed by atoms with van der Waals surface area (Å²) in [6.45, 7) is 3.77. The number of fused-ring (bicyclic) bond motifs is 1. The molecule has 22 heavy (non-hydrogen) atoms. The summed E-state index contributed by atoms with van der Waals surface area (Å²) in [5.41, 5.74) is 4.39. The lowest BCUT2D eigenvalue weighted by atomic mass is 9.97. The summed E-state index contributed by atoms with van der Waals surface area (Å²) in [5.74, 6) is 0.114. The Morgan fingerprint density at radius 3 is 2.91 bits per heavy atom. The Bertz CT molecular complexity index is 668. The van der Waals surface area contributed by atoms with E-state index >= 15 is 0 Å². The number of benzene rings is 1. The number of anilines is 1. The van der Waals surface area contributed by atoms with E-state index in [2.05, 4.69) is 29.8 Å². The number of thiophene rings is 1.